The quantitative estimate of drug-likeness (QED) is 0.768. The molecule has 1 fully saturated rings. The van der Waals surface area contributed by atoms with Gasteiger partial charge in [-0.2, -0.15) is 0 Å². The Morgan fingerprint density at radius 2 is 2.06 bits per heavy atom. The van der Waals surface area contributed by atoms with Crippen LogP contribution in [0.3, 0.4) is 0 Å². The molecule has 1 unspecified atom stereocenters. The molecule has 0 aliphatic heterocycles. The van der Waals surface area contributed by atoms with Gasteiger partial charge in [-0.25, -0.2) is 4.79 Å². The largest absolute Gasteiger partial charge is 0.335 e. The summed E-state index contributed by atoms with van der Waals surface area (Å²) >= 11 is 0. The van der Waals surface area contributed by atoms with Crippen molar-refractivity contribution < 1.29 is 4.79 Å². The molecule has 16 heavy (non-hydrogen) atoms. The Balaban J connectivity index is 2.51. The average molecular weight is 227 g/mol. The van der Waals surface area contributed by atoms with Crippen LogP contribution in [-0.2, 0) is 0 Å². The molecule has 4 heteroatoms. The molecule has 0 heterocycles. The fourth-order valence-corrected chi connectivity index (χ4v) is 2.11. The Morgan fingerprint density at radius 3 is 2.50 bits per heavy atom. The summed E-state index contributed by atoms with van der Waals surface area (Å²) in [6.07, 6.45) is 5.57. The summed E-state index contributed by atoms with van der Waals surface area (Å²) in [6, 6.07) is 0.385. The number of hydrogen-bond acceptors (Lipinski definition) is 2. The number of nitrogens with two attached hydrogens (primary N) is 1. The minimum absolute atomic E-state index is 0.0155. The third-order valence-corrected chi connectivity index (χ3v) is 4.00. The number of nitrogens with one attached hydrogen (secondary N) is 1. The molecule has 3 N–H and O–H groups in total. The Bertz CT molecular complexity index is 232. The maximum Gasteiger partial charge on any atom is 0.317 e. The topological polar surface area (TPSA) is 58.4 Å². The summed E-state index contributed by atoms with van der Waals surface area (Å²) in [5.41, 5.74) is 5.51. The van der Waals surface area contributed by atoms with Gasteiger partial charge in [-0.05, 0) is 26.2 Å². The molecule has 1 aliphatic rings. The normalized spacial score (nSPS) is 20.5. The molecule has 94 valence electrons. The maximum atomic E-state index is 12.0. The third-order valence-electron chi connectivity index (χ3n) is 4.00. The van der Waals surface area contributed by atoms with Crippen LogP contribution in [0.5, 0.6) is 0 Å². The fraction of sp³-hybridized carbons (Fsp3) is 0.917. The Labute approximate surface area is 98.6 Å². The molecule has 0 aromatic carbocycles. The number of amides is 2. The molecule has 1 atom stereocenters. The predicted octanol–water partition coefficient (Wildman–Crippen LogP) is 1.70. The van der Waals surface area contributed by atoms with Crippen molar-refractivity contribution in [3.05, 3.63) is 0 Å². The van der Waals surface area contributed by atoms with Crippen molar-refractivity contribution in [3.8, 4) is 0 Å². The van der Waals surface area contributed by atoms with E-state index in [1.54, 1.807) is 4.90 Å². The van der Waals surface area contributed by atoms with E-state index in [0.29, 0.717) is 12.6 Å². The number of carbonyl (C=O) groups excluding carboxylic acids is 1. The van der Waals surface area contributed by atoms with Gasteiger partial charge >= 0.3 is 6.03 Å². The smallest absolute Gasteiger partial charge is 0.317 e. The van der Waals surface area contributed by atoms with Gasteiger partial charge in [-0.15, -0.1) is 0 Å². The van der Waals surface area contributed by atoms with Crippen LogP contribution in [-0.4, -0.2) is 36.1 Å². The monoisotopic (exact) mass is 227 g/mol. The number of urea groups is 1. The lowest BCUT2D eigenvalue weighted by atomic mass is 9.97. The molecule has 0 aromatic heterocycles. The first-order chi connectivity index (χ1) is 7.53. The average Bonchev–Trinajstić information content (AvgIpc) is 2.79. The van der Waals surface area contributed by atoms with E-state index in [4.69, 9.17) is 5.73 Å². The SMILES string of the molecule is CCC(C)(CN)N(C)C(=O)NC1CCCC1. The summed E-state index contributed by atoms with van der Waals surface area (Å²) in [6.45, 7) is 4.59. The van der Waals surface area contributed by atoms with Crippen molar-refractivity contribution in [2.45, 2.75) is 57.5 Å². The minimum Gasteiger partial charge on any atom is -0.335 e. The van der Waals surface area contributed by atoms with Crippen molar-refractivity contribution in [3.63, 3.8) is 0 Å². The zero-order chi connectivity index (χ0) is 12.2. The van der Waals surface area contributed by atoms with Gasteiger partial charge in [-0.1, -0.05) is 19.8 Å². The molecule has 0 radical (unpaired) electrons. The molecular weight excluding hydrogens is 202 g/mol. The molecule has 0 saturated heterocycles. The molecule has 1 saturated carbocycles. The van der Waals surface area contributed by atoms with E-state index < -0.39 is 0 Å². The van der Waals surface area contributed by atoms with Crippen LogP contribution in [0, 0.1) is 0 Å². The van der Waals surface area contributed by atoms with Crippen molar-refractivity contribution >= 4 is 6.03 Å². The van der Waals surface area contributed by atoms with Crippen molar-refractivity contribution in [2.75, 3.05) is 13.6 Å². The van der Waals surface area contributed by atoms with Crippen LogP contribution >= 0.6 is 0 Å². The van der Waals surface area contributed by atoms with Crippen LogP contribution in [0.25, 0.3) is 0 Å². The molecule has 2 amide bonds. The van der Waals surface area contributed by atoms with E-state index in [1.165, 1.54) is 12.8 Å². The number of rotatable bonds is 4. The van der Waals surface area contributed by atoms with Crippen LogP contribution < -0.4 is 11.1 Å². The first-order valence-corrected chi connectivity index (χ1v) is 6.28. The van der Waals surface area contributed by atoms with Gasteiger partial charge < -0.3 is 16.0 Å². The predicted molar refractivity (Wildman–Crippen MR) is 66.3 cm³/mol. The third kappa shape index (κ3) is 2.88. The second-order valence-electron chi connectivity index (χ2n) is 5.04. The lowest BCUT2D eigenvalue weighted by molar-refractivity contribution is 0.143. The molecule has 0 aromatic rings. The lowest BCUT2D eigenvalue weighted by Gasteiger charge is -2.37. The fourth-order valence-electron chi connectivity index (χ4n) is 2.11. The Morgan fingerprint density at radius 1 is 1.50 bits per heavy atom. The van der Waals surface area contributed by atoms with Crippen molar-refractivity contribution in [1.29, 1.82) is 0 Å². The van der Waals surface area contributed by atoms with E-state index in [-0.39, 0.29) is 11.6 Å². The van der Waals surface area contributed by atoms with Crippen molar-refractivity contribution in [2.24, 2.45) is 5.73 Å². The van der Waals surface area contributed by atoms with E-state index in [1.807, 2.05) is 14.0 Å². The standard InChI is InChI=1S/C12H25N3O/c1-4-12(2,9-13)15(3)11(16)14-10-7-5-6-8-10/h10H,4-9,13H2,1-3H3,(H,14,16). The van der Waals surface area contributed by atoms with Crippen LogP contribution in [0.15, 0.2) is 0 Å². The number of likely N-dealkylation sites (N-methyl/N-ethyl adjacent to an activating group) is 1. The second kappa shape index (κ2) is 5.53. The summed E-state index contributed by atoms with van der Waals surface area (Å²) in [5.74, 6) is 0. The zero-order valence-corrected chi connectivity index (χ0v) is 10.8. The van der Waals surface area contributed by atoms with Gasteiger partial charge in [0.25, 0.3) is 0 Å². The van der Waals surface area contributed by atoms with E-state index in [2.05, 4.69) is 12.2 Å². The highest BCUT2D eigenvalue weighted by Crippen LogP contribution is 2.20. The molecule has 1 aliphatic carbocycles. The highest BCUT2D eigenvalue weighted by atomic mass is 16.2. The summed E-state index contributed by atoms with van der Waals surface area (Å²) in [4.78, 5) is 13.8. The zero-order valence-electron chi connectivity index (χ0n) is 10.8. The molecule has 0 spiro atoms. The Kier molecular flexibility index (Phi) is 4.59. The van der Waals surface area contributed by atoms with Gasteiger partial charge in [0, 0.05) is 19.6 Å². The van der Waals surface area contributed by atoms with E-state index in [0.717, 1.165) is 19.3 Å². The van der Waals surface area contributed by atoms with Crippen LogP contribution in [0.4, 0.5) is 4.79 Å². The van der Waals surface area contributed by atoms with Crippen molar-refractivity contribution in [1.82, 2.24) is 10.2 Å². The summed E-state index contributed by atoms with van der Waals surface area (Å²) in [7, 11) is 1.83. The molecule has 4 nitrogen and oxygen atoms in total. The molecule has 1 rings (SSSR count). The van der Waals surface area contributed by atoms with E-state index in [9.17, 15) is 4.79 Å². The van der Waals surface area contributed by atoms with Crippen LogP contribution in [0.1, 0.15) is 46.0 Å². The van der Waals surface area contributed by atoms with Gasteiger partial charge in [0.05, 0.1) is 5.54 Å². The van der Waals surface area contributed by atoms with Gasteiger partial charge in [0.2, 0.25) is 0 Å². The molecular formula is C12H25N3O. The second-order valence-corrected chi connectivity index (χ2v) is 5.04. The van der Waals surface area contributed by atoms with Gasteiger partial charge in [0.1, 0.15) is 0 Å². The lowest BCUT2D eigenvalue weighted by Crippen LogP contribution is -2.56. The maximum absolute atomic E-state index is 12.0. The number of nitrogens with zero attached hydrogens (tertiary/aromatic N) is 1. The number of hydrogen-bond donors (Lipinski definition) is 2. The highest BCUT2D eigenvalue weighted by molar-refractivity contribution is 5.75. The van der Waals surface area contributed by atoms with Gasteiger partial charge in [-0.3, -0.25) is 0 Å². The van der Waals surface area contributed by atoms with Gasteiger partial charge in [0.15, 0.2) is 0 Å². The Hall–Kier alpha value is -0.770. The number of carbonyl (C=O) groups is 1. The summed E-state index contributed by atoms with van der Waals surface area (Å²) < 4.78 is 0. The highest BCUT2D eigenvalue weighted by Gasteiger charge is 2.30. The van der Waals surface area contributed by atoms with E-state index >= 15 is 0 Å². The first-order valence-electron chi connectivity index (χ1n) is 6.28. The molecule has 0 bridgehead atoms. The first kappa shape index (κ1) is 13.3. The van der Waals surface area contributed by atoms with Crippen LogP contribution in [0.2, 0.25) is 0 Å². The summed E-state index contributed by atoms with van der Waals surface area (Å²) in [5, 5.41) is 3.08. The minimum atomic E-state index is -0.233.